The van der Waals surface area contributed by atoms with Gasteiger partial charge in [-0.05, 0) is 6.07 Å². The van der Waals surface area contributed by atoms with Gasteiger partial charge in [0, 0.05) is 21.5 Å². The molecule has 0 atom stereocenters. The first-order chi connectivity index (χ1) is 10.2. The highest BCUT2D eigenvalue weighted by molar-refractivity contribution is 6.18. The van der Waals surface area contributed by atoms with Crippen LogP contribution in [-0.4, -0.2) is 10.2 Å². The van der Waals surface area contributed by atoms with Crippen molar-refractivity contribution in [1.29, 1.82) is 0 Å². The number of aromatic hydroxyl groups is 2. The molecular formula is C17H10O4. The predicted octanol–water partition coefficient (Wildman–Crippen LogP) is 3.51. The van der Waals surface area contributed by atoms with E-state index in [4.69, 9.17) is 4.42 Å². The van der Waals surface area contributed by atoms with Crippen molar-refractivity contribution in [3.05, 3.63) is 59.0 Å². The average Bonchev–Trinajstić information content (AvgIpc) is 2.51. The summed E-state index contributed by atoms with van der Waals surface area (Å²) in [5.41, 5.74) is -0.290. The van der Waals surface area contributed by atoms with E-state index in [1.807, 2.05) is 0 Å². The molecule has 2 N–H and O–H groups in total. The van der Waals surface area contributed by atoms with Gasteiger partial charge in [0.25, 0.3) is 0 Å². The van der Waals surface area contributed by atoms with Gasteiger partial charge in [-0.15, -0.1) is 0 Å². The van der Waals surface area contributed by atoms with Gasteiger partial charge in [-0.1, -0.05) is 42.5 Å². The Kier molecular flexibility index (Phi) is 2.24. The number of fused-ring (bicyclic) bond motifs is 4. The van der Waals surface area contributed by atoms with E-state index in [0.29, 0.717) is 27.1 Å². The molecule has 102 valence electrons. The van der Waals surface area contributed by atoms with Crippen molar-refractivity contribution in [2.75, 3.05) is 0 Å². The molecule has 21 heavy (non-hydrogen) atoms. The Morgan fingerprint density at radius 1 is 0.714 bits per heavy atom. The van der Waals surface area contributed by atoms with Crippen LogP contribution in [-0.2, 0) is 0 Å². The van der Waals surface area contributed by atoms with Gasteiger partial charge in [-0.25, -0.2) is 4.79 Å². The second kappa shape index (κ2) is 3.99. The maximum atomic E-state index is 12.2. The summed E-state index contributed by atoms with van der Waals surface area (Å²) in [4.78, 5) is 12.2. The van der Waals surface area contributed by atoms with E-state index >= 15 is 0 Å². The fraction of sp³-hybridized carbons (Fsp3) is 0. The van der Waals surface area contributed by atoms with E-state index in [0.717, 1.165) is 0 Å². The van der Waals surface area contributed by atoms with Gasteiger partial charge in [-0.3, -0.25) is 0 Å². The normalized spacial score (nSPS) is 11.4. The van der Waals surface area contributed by atoms with Crippen molar-refractivity contribution < 1.29 is 14.6 Å². The Hall–Kier alpha value is -3.01. The third-order valence-electron chi connectivity index (χ3n) is 3.72. The zero-order valence-corrected chi connectivity index (χ0v) is 10.8. The fourth-order valence-corrected chi connectivity index (χ4v) is 2.78. The summed E-state index contributed by atoms with van der Waals surface area (Å²) in [6, 6.07) is 13.8. The molecule has 0 amide bonds. The van der Waals surface area contributed by atoms with Crippen LogP contribution in [0.3, 0.4) is 0 Å². The summed E-state index contributed by atoms with van der Waals surface area (Å²) in [6.45, 7) is 0. The SMILES string of the molecule is O=c1oc2ccccc2c2c(O)c3ccccc3c(O)c12. The van der Waals surface area contributed by atoms with Crippen LogP contribution in [0.25, 0.3) is 32.5 Å². The maximum absolute atomic E-state index is 12.2. The van der Waals surface area contributed by atoms with Crippen LogP contribution >= 0.6 is 0 Å². The minimum Gasteiger partial charge on any atom is -0.507 e. The molecule has 0 aliphatic carbocycles. The first-order valence-electron chi connectivity index (χ1n) is 6.46. The van der Waals surface area contributed by atoms with Gasteiger partial charge in [0.1, 0.15) is 22.5 Å². The van der Waals surface area contributed by atoms with E-state index in [2.05, 4.69) is 0 Å². The molecule has 1 aromatic heterocycles. The highest BCUT2D eigenvalue weighted by Gasteiger charge is 2.18. The third-order valence-corrected chi connectivity index (χ3v) is 3.72. The molecule has 4 nitrogen and oxygen atoms in total. The molecule has 4 aromatic rings. The second-order valence-corrected chi connectivity index (χ2v) is 4.88. The molecular weight excluding hydrogens is 268 g/mol. The molecule has 3 aromatic carbocycles. The van der Waals surface area contributed by atoms with Crippen LogP contribution < -0.4 is 5.63 Å². The number of phenolic OH excluding ortho intramolecular Hbond substituents is 2. The molecule has 0 bridgehead atoms. The minimum atomic E-state index is -0.665. The first-order valence-corrected chi connectivity index (χ1v) is 6.46. The lowest BCUT2D eigenvalue weighted by Gasteiger charge is -2.10. The molecule has 0 unspecified atom stereocenters. The maximum Gasteiger partial charge on any atom is 0.348 e. The van der Waals surface area contributed by atoms with Crippen molar-refractivity contribution in [3.63, 3.8) is 0 Å². The van der Waals surface area contributed by atoms with Crippen LogP contribution in [0.1, 0.15) is 0 Å². The van der Waals surface area contributed by atoms with E-state index in [1.54, 1.807) is 48.5 Å². The van der Waals surface area contributed by atoms with Gasteiger partial charge in [0.05, 0.1) is 0 Å². The average molecular weight is 278 g/mol. The molecule has 4 heteroatoms. The van der Waals surface area contributed by atoms with Crippen LogP contribution in [0, 0.1) is 0 Å². The number of para-hydroxylation sites is 1. The smallest absolute Gasteiger partial charge is 0.348 e. The van der Waals surface area contributed by atoms with Gasteiger partial charge in [-0.2, -0.15) is 0 Å². The largest absolute Gasteiger partial charge is 0.507 e. The van der Waals surface area contributed by atoms with Gasteiger partial charge in [0.2, 0.25) is 0 Å². The van der Waals surface area contributed by atoms with E-state index in [9.17, 15) is 15.0 Å². The lowest BCUT2D eigenvalue weighted by molar-refractivity contribution is 0.475. The summed E-state index contributed by atoms with van der Waals surface area (Å²) >= 11 is 0. The van der Waals surface area contributed by atoms with Crippen LogP contribution in [0.4, 0.5) is 0 Å². The Balaban J connectivity index is 2.46. The Bertz CT molecular complexity index is 1080. The van der Waals surface area contributed by atoms with Gasteiger partial charge >= 0.3 is 5.63 Å². The van der Waals surface area contributed by atoms with Crippen molar-refractivity contribution in [3.8, 4) is 11.5 Å². The monoisotopic (exact) mass is 278 g/mol. The van der Waals surface area contributed by atoms with Crippen molar-refractivity contribution in [2.45, 2.75) is 0 Å². The summed E-state index contributed by atoms with van der Waals surface area (Å²) in [5.74, 6) is -0.194. The highest BCUT2D eigenvalue weighted by Crippen LogP contribution is 2.42. The second-order valence-electron chi connectivity index (χ2n) is 4.88. The number of hydrogen-bond donors (Lipinski definition) is 2. The molecule has 0 radical (unpaired) electrons. The molecule has 0 spiro atoms. The summed E-state index contributed by atoms with van der Waals surface area (Å²) in [5, 5.41) is 22.8. The van der Waals surface area contributed by atoms with Gasteiger partial charge in [0.15, 0.2) is 0 Å². The minimum absolute atomic E-state index is 0.00454. The molecule has 0 saturated carbocycles. The van der Waals surface area contributed by atoms with Crippen LogP contribution in [0.5, 0.6) is 11.5 Å². The van der Waals surface area contributed by atoms with E-state index < -0.39 is 5.63 Å². The number of benzene rings is 3. The van der Waals surface area contributed by atoms with E-state index in [1.165, 1.54) is 0 Å². The number of rotatable bonds is 0. The molecule has 0 saturated heterocycles. The van der Waals surface area contributed by atoms with Crippen LogP contribution in [0.2, 0.25) is 0 Å². The summed E-state index contributed by atoms with van der Waals surface area (Å²) < 4.78 is 5.23. The Morgan fingerprint density at radius 3 is 1.90 bits per heavy atom. The molecule has 1 heterocycles. The van der Waals surface area contributed by atoms with E-state index in [-0.39, 0.29) is 16.9 Å². The Labute approximate surface area is 118 Å². The lowest BCUT2D eigenvalue weighted by atomic mass is 9.99. The summed E-state index contributed by atoms with van der Waals surface area (Å²) in [7, 11) is 0. The van der Waals surface area contributed by atoms with Crippen LogP contribution in [0.15, 0.2) is 57.7 Å². The summed E-state index contributed by atoms with van der Waals surface area (Å²) in [6.07, 6.45) is 0. The molecule has 0 aliphatic rings. The topological polar surface area (TPSA) is 70.7 Å². The third kappa shape index (κ3) is 1.47. The first kappa shape index (κ1) is 11.8. The predicted molar refractivity (Wildman–Crippen MR) is 80.8 cm³/mol. The fourth-order valence-electron chi connectivity index (χ4n) is 2.78. The van der Waals surface area contributed by atoms with Gasteiger partial charge < -0.3 is 14.6 Å². The van der Waals surface area contributed by atoms with Crippen molar-refractivity contribution in [2.24, 2.45) is 0 Å². The molecule has 0 fully saturated rings. The molecule has 4 rings (SSSR count). The number of phenols is 2. The zero-order chi connectivity index (χ0) is 14.6. The highest BCUT2D eigenvalue weighted by atomic mass is 16.4. The Morgan fingerprint density at radius 2 is 1.24 bits per heavy atom. The standard InChI is InChI=1S/C17H10O4/c18-15-9-5-1-2-6-10(9)16(19)14-13(15)11-7-3-4-8-12(11)21-17(14)20/h1-8,18-19H. The number of hydrogen-bond acceptors (Lipinski definition) is 4. The zero-order valence-electron chi connectivity index (χ0n) is 10.8. The quantitative estimate of drug-likeness (QED) is 0.223. The van der Waals surface area contributed by atoms with Crippen molar-refractivity contribution >= 4 is 32.5 Å². The lowest BCUT2D eigenvalue weighted by Crippen LogP contribution is -2.01. The van der Waals surface area contributed by atoms with Crippen molar-refractivity contribution in [1.82, 2.24) is 0 Å². The molecule has 0 aliphatic heterocycles.